The summed E-state index contributed by atoms with van der Waals surface area (Å²) in [5.74, 6) is 1.97. The van der Waals surface area contributed by atoms with Crippen LogP contribution in [0.3, 0.4) is 0 Å². The Balaban J connectivity index is 1.35. The lowest BCUT2D eigenvalue weighted by Crippen LogP contribution is -2.29. The number of urea groups is 1. The zero-order valence-electron chi connectivity index (χ0n) is 14.5. The molecule has 0 bridgehead atoms. The minimum Gasteiger partial charge on any atom is -0.463 e. The van der Waals surface area contributed by atoms with Gasteiger partial charge in [-0.15, -0.1) is 0 Å². The summed E-state index contributed by atoms with van der Waals surface area (Å²) >= 11 is 0. The van der Waals surface area contributed by atoms with Crippen LogP contribution in [0.4, 0.5) is 10.6 Å². The molecule has 0 unspecified atom stereocenters. The Bertz CT molecular complexity index is 1020. The summed E-state index contributed by atoms with van der Waals surface area (Å²) in [7, 11) is 1.75. The fourth-order valence-electron chi connectivity index (χ4n) is 2.54. The van der Waals surface area contributed by atoms with E-state index in [9.17, 15) is 4.79 Å². The Morgan fingerprint density at radius 2 is 2.22 bits per heavy atom. The predicted molar refractivity (Wildman–Crippen MR) is 98.1 cm³/mol. The maximum absolute atomic E-state index is 12.2. The number of amides is 2. The van der Waals surface area contributed by atoms with Crippen molar-refractivity contribution in [3.05, 3.63) is 67.1 Å². The molecule has 0 saturated carbocycles. The summed E-state index contributed by atoms with van der Waals surface area (Å²) < 4.78 is 8.71. The quantitative estimate of drug-likeness (QED) is 0.567. The van der Waals surface area contributed by atoms with E-state index in [-0.39, 0.29) is 6.03 Å². The van der Waals surface area contributed by atoms with Crippen molar-refractivity contribution in [2.24, 2.45) is 7.05 Å². The number of carbonyl (C=O) groups is 1. The zero-order chi connectivity index (χ0) is 18.6. The summed E-state index contributed by atoms with van der Waals surface area (Å²) in [6.07, 6.45) is 8.49. The molecule has 27 heavy (non-hydrogen) atoms. The topological polar surface area (TPSA) is 103 Å². The molecule has 0 fully saturated rings. The first kappa shape index (κ1) is 16.6. The molecule has 0 radical (unpaired) electrons. The van der Waals surface area contributed by atoms with Crippen LogP contribution in [0.15, 0.2) is 65.9 Å². The van der Waals surface area contributed by atoms with Crippen LogP contribution in [-0.2, 0) is 13.6 Å². The lowest BCUT2D eigenvalue weighted by atomic mass is 10.3. The highest BCUT2D eigenvalue weighted by atomic mass is 16.3. The second kappa shape index (κ2) is 7.16. The number of nitrogens with one attached hydrogen (secondary N) is 2. The molecule has 2 N–H and O–H groups in total. The predicted octanol–water partition coefficient (Wildman–Crippen LogP) is 2.58. The molecule has 0 spiro atoms. The number of aryl methyl sites for hydroxylation is 1. The lowest BCUT2D eigenvalue weighted by molar-refractivity contribution is 0.251. The average Bonchev–Trinajstić information content (AvgIpc) is 3.43. The van der Waals surface area contributed by atoms with Gasteiger partial charge in [0.25, 0.3) is 0 Å². The van der Waals surface area contributed by atoms with Crippen molar-refractivity contribution in [2.45, 2.75) is 6.54 Å². The van der Waals surface area contributed by atoms with Gasteiger partial charge in [0.05, 0.1) is 6.26 Å². The van der Waals surface area contributed by atoms with Crippen molar-refractivity contribution in [3.8, 4) is 17.3 Å². The van der Waals surface area contributed by atoms with Crippen molar-refractivity contribution in [1.29, 1.82) is 0 Å². The van der Waals surface area contributed by atoms with Crippen LogP contribution < -0.4 is 10.6 Å². The van der Waals surface area contributed by atoms with Gasteiger partial charge in [-0.3, -0.25) is 14.6 Å². The maximum Gasteiger partial charge on any atom is 0.320 e. The van der Waals surface area contributed by atoms with Gasteiger partial charge in [-0.1, -0.05) is 6.07 Å². The Morgan fingerprint density at radius 1 is 1.30 bits per heavy atom. The highest BCUT2D eigenvalue weighted by Crippen LogP contribution is 2.21. The SMILES string of the molecule is Cn1nc(-c2ccco2)cc1NC(=O)NCc1ccc(-n2ccnc2)nc1. The molecular formula is C18H17N7O2. The number of rotatable bonds is 5. The number of nitrogens with zero attached hydrogens (tertiary/aromatic N) is 5. The number of aromatic nitrogens is 5. The highest BCUT2D eigenvalue weighted by molar-refractivity contribution is 5.88. The van der Waals surface area contributed by atoms with Crippen LogP contribution in [0.25, 0.3) is 17.3 Å². The average molecular weight is 363 g/mol. The smallest absolute Gasteiger partial charge is 0.320 e. The molecule has 0 aromatic carbocycles. The Morgan fingerprint density at radius 3 is 2.93 bits per heavy atom. The van der Waals surface area contributed by atoms with E-state index in [1.54, 1.807) is 48.8 Å². The molecule has 0 aliphatic rings. The summed E-state index contributed by atoms with van der Waals surface area (Å²) in [6, 6.07) is 8.79. The molecule has 4 heterocycles. The van der Waals surface area contributed by atoms with E-state index in [0.717, 1.165) is 11.4 Å². The summed E-state index contributed by atoms with van der Waals surface area (Å²) in [5.41, 5.74) is 1.53. The Kier molecular flexibility index (Phi) is 4.40. The molecule has 0 saturated heterocycles. The van der Waals surface area contributed by atoms with E-state index >= 15 is 0 Å². The molecule has 4 aromatic rings. The van der Waals surface area contributed by atoms with E-state index in [1.807, 2.05) is 29.0 Å². The van der Waals surface area contributed by atoms with Crippen LogP contribution in [0.1, 0.15) is 5.56 Å². The highest BCUT2D eigenvalue weighted by Gasteiger charge is 2.11. The standard InChI is InChI=1S/C18H17N7O2/c1-24-17(9-14(23-24)15-3-2-8-27-15)22-18(26)21-11-13-4-5-16(20-10-13)25-7-6-19-12-25/h2-10,12H,11H2,1H3,(H2,21,22,26). The van der Waals surface area contributed by atoms with Crippen molar-refractivity contribution in [2.75, 3.05) is 5.32 Å². The fraction of sp³-hybridized carbons (Fsp3) is 0.111. The number of hydrogen-bond acceptors (Lipinski definition) is 5. The summed E-state index contributed by atoms with van der Waals surface area (Å²) in [6.45, 7) is 0.353. The molecule has 0 aliphatic heterocycles. The second-order valence-corrected chi connectivity index (χ2v) is 5.82. The van der Waals surface area contributed by atoms with Gasteiger partial charge in [-0.25, -0.2) is 14.8 Å². The molecule has 136 valence electrons. The third-order valence-corrected chi connectivity index (χ3v) is 3.93. The van der Waals surface area contributed by atoms with Gasteiger partial charge in [-0.2, -0.15) is 5.10 Å². The fourth-order valence-corrected chi connectivity index (χ4v) is 2.54. The number of imidazole rings is 1. The number of furan rings is 1. The van der Waals surface area contributed by atoms with Crippen molar-refractivity contribution >= 4 is 11.8 Å². The molecule has 4 aromatic heterocycles. The molecule has 2 amide bonds. The number of anilines is 1. The zero-order valence-corrected chi connectivity index (χ0v) is 14.5. The van der Waals surface area contributed by atoms with E-state index in [0.29, 0.717) is 23.8 Å². The lowest BCUT2D eigenvalue weighted by Gasteiger charge is -2.08. The van der Waals surface area contributed by atoms with E-state index in [2.05, 4.69) is 25.7 Å². The molecule has 9 heteroatoms. The van der Waals surface area contributed by atoms with Gasteiger partial charge in [0.2, 0.25) is 0 Å². The van der Waals surface area contributed by atoms with Crippen molar-refractivity contribution < 1.29 is 9.21 Å². The first-order valence-electron chi connectivity index (χ1n) is 8.25. The Hall–Kier alpha value is -3.88. The van der Waals surface area contributed by atoms with Gasteiger partial charge in [-0.05, 0) is 23.8 Å². The van der Waals surface area contributed by atoms with Gasteiger partial charge >= 0.3 is 6.03 Å². The number of pyridine rings is 1. The molecule has 9 nitrogen and oxygen atoms in total. The normalized spacial score (nSPS) is 10.7. The van der Waals surface area contributed by atoms with E-state index < -0.39 is 0 Å². The van der Waals surface area contributed by atoms with E-state index in [1.165, 1.54) is 0 Å². The largest absolute Gasteiger partial charge is 0.463 e. The molecular weight excluding hydrogens is 346 g/mol. The molecule has 0 atom stereocenters. The maximum atomic E-state index is 12.2. The van der Waals surface area contributed by atoms with Crippen LogP contribution >= 0.6 is 0 Å². The van der Waals surface area contributed by atoms with Gasteiger partial charge in [0.1, 0.15) is 23.7 Å². The van der Waals surface area contributed by atoms with Gasteiger partial charge in [0, 0.05) is 38.2 Å². The molecule has 0 aliphatic carbocycles. The third-order valence-electron chi connectivity index (χ3n) is 3.93. The minimum atomic E-state index is -0.331. The van der Waals surface area contributed by atoms with Crippen LogP contribution in [-0.4, -0.2) is 30.3 Å². The van der Waals surface area contributed by atoms with Gasteiger partial charge in [0.15, 0.2) is 5.76 Å². The van der Waals surface area contributed by atoms with Crippen LogP contribution in [0, 0.1) is 0 Å². The minimum absolute atomic E-state index is 0.331. The monoisotopic (exact) mass is 363 g/mol. The van der Waals surface area contributed by atoms with Crippen molar-refractivity contribution in [3.63, 3.8) is 0 Å². The summed E-state index contributed by atoms with van der Waals surface area (Å²) in [4.78, 5) is 20.5. The van der Waals surface area contributed by atoms with Crippen molar-refractivity contribution in [1.82, 2.24) is 29.6 Å². The number of carbonyl (C=O) groups excluding carboxylic acids is 1. The summed E-state index contributed by atoms with van der Waals surface area (Å²) in [5, 5.41) is 9.89. The number of hydrogen-bond donors (Lipinski definition) is 2. The van der Waals surface area contributed by atoms with E-state index in [4.69, 9.17) is 4.42 Å². The van der Waals surface area contributed by atoms with Crippen LogP contribution in [0.5, 0.6) is 0 Å². The first-order valence-corrected chi connectivity index (χ1v) is 8.25. The Labute approximate surface area is 154 Å². The van der Waals surface area contributed by atoms with Gasteiger partial charge < -0.3 is 9.73 Å². The van der Waals surface area contributed by atoms with Crippen LogP contribution in [0.2, 0.25) is 0 Å². The second-order valence-electron chi connectivity index (χ2n) is 5.82. The molecule has 4 rings (SSSR count). The first-order chi connectivity index (χ1) is 13.2. The third kappa shape index (κ3) is 3.71.